The maximum atomic E-state index is 12.8. The predicted octanol–water partition coefficient (Wildman–Crippen LogP) is 2.75. The molecule has 0 radical (unpaired) electrons. The summed E-state index contributed by atoms with van der Waals surface area (Å²) < 4.78 is 75.6. The fourth-order valence-corrected chi connectivity index (χ4v) is 4.22. The number of sulfonamides is 1. The smallest absolute Gasteiger partial charge is 0.433 e. The first-order chi connectivity index (χ1) is 13.7. The SMILES string of the molecule is O=S(=O)(CCOc1ccccc1)N1CCCC(Oc2nccc(C(F)(F)F)n2)C1. The number of para-hydroxylation sites is 1. The van der Waals surface area contributed by atoms with Gasteiger partial charge in [0.1, 0.15) is 18.5 Å². The minimum Gasteiger partial charge on any atom is -0.492 e. The zero-order valence-electron chi connectivity index (χ0n) is 15.4. The molecule has 0 bridgehead atoms. The van der Waals surface area contributed by atoms with Crippen molar-refractivity contribution < 1.29 is 31.1 Å². The van der Waals surface area contributed by atoms with E-state index >= 15 is 0 Å². The summed E-state index contributed by atoms with van der Waals surface area (Å²) in [5.41, 5.74) is -1.11. The number of hydrogen-bond acceptors (Lipinski definition) is 6. The summed E-state index contributed by atoms with van der Waals surface area (Å²) in [5.74, 6) is 0.360. The third-order valence-corrected chi connectivity index (χ3v) is 6.08. The molecule has 3 rings (SSSR count). The van der Waals surface area contributed by atoms with Gasteiger partial charge in [-0.1, -0.05) is 18.2 Å². The molecule has 29 heavy (non-hydrogen) atoms. The highest BCUT2D eigenvalue weighted by Crippen LogP contribution is 2.28. The quantitative estimate of drug-likeness (QED) is 0.671. The van der Waals surface area contributed by atoms with Crippen LogP contribution < -0.4 is 9.47 Å². The number of ether oxygens (including phenoxy) is 2. The summed E-state index contributed by atoms with van der Waals surface area (Å²) >= 11 is 0. The molecule has 1 aromatic heterocycles. The van der Waals surface area contributed by atoms with E-state index in [1.54, 1.807) is 24.3 Å². The van der Waals surface area contributed by atoms with Gasteiger partial charge in [-0.25, -0.2) is 13.4 Å². The van der Waals surface area contributed by atoms with E-state index in [0.29, 0.717) is 25.1 Å². The van der Waals surface area contributed by atoms with Crippen LogP contribution in [0.1, 0.15) is 18.5 Å². The van der Waals surface area contributed by atoms with E-state index in [1.807, 2.05) is 6.07 Å². The Hall–Kier alpha value is -2.40. The van der Waals surface area contributed by atoms with Crippen molar-refractivity contribution in [2.24, 2.45) is 0 Å². The molecule has 2 heterocycles. The van der Waals surface area contributed by atoms with Crippen LogP contribution in [-0.4, -0.2) is 54.2 Å². The van der Waals surface area contributed by atoms with Crippen LogP contribution in [0.5, 0.6) is 11.8 Å². The summed E-state index contributed by atoms with van der Waals surface area (Å²) in [6, 6.07) is 9.18. The van der Waals surface area contributed by atoms with Gasteiger partial charge < -0.3 is 9.47 Å². The molecule has 1 saturated heterocycles. The van der Waals surface area contributed by atoms with Crippen molar-refractivity contribution in [3.8, 4) is 11.8 Å². The summed E-state index contributed by atoms with van der Waals surface area (Å²) in [6.45, 7) is 0.329. The highest BCUT2D eigenvalue weighted by atomic mass is 32.2. The number of hydrogen-bond donors (Lipinski definition) is 0. The number of alkyl halides is 3. The van der Waals surface area contributed by atoms with E-state index in [9.17, 15) is 21.6 Å². The van der Waals surface area contributed by atoms with Crippen molar-refractivity contribution in [3.05, 3.63) is 48.3 Å². The molecule has 1 atom stereocenters. The molecule has 0 aliphatic carbocycles. The predicted molar refractivity (Wildman–Crippen MR) is 98.0 cm³/mol. The lowest BCUT2D eigenvalue weighted by Crippen LogP contribution is -2.46. The number of halogens is 3. The second-order valence-corrected chi connectivity index (χ2v) is 8.53. The molecule has 11 heteroatoms. The highest BCUT2D eigenvalue weighted by molar-refractivity contribution is 7.89. The van der Waals surface area contributed by atoms with E-state index in [0.717, 1.165) is 12.3 Å². The van der Waals surface area contributed by atoms with Gasteiger partial charge in [0.05, 0.1) is 12.3 Å². The van der Waals surface area contributed by atoms with Gasteiger partial charge in [0.25, 0.3) is 0 Å². The lowest BCUT2D eigenvalue weighted by Gasteiger charge is -2.31. The molecule has 1 aliphatic rings. The van der Waals surface area contributed by atoms with Gasteiger partial charge in [-0.3, -0.25) is 0 Å². The molecule has 1 fully saturated rings. The molecule has 2 aromatic rings. The average Bonchev–Trinajstić information content (AvgIpc) is 2.68. The maximum Gasteiger partial charge on any atom is 0.433 e. The van der Waals surface area contributed by atoms with Crippen LogP contribution in [0.25, 0.3) is 0 Å². The van der Waals surface area contributed by atoms with Crippen LogP contribution >= 0.6 is 0 Å². The Balaban J connectivity index is 1.57. The van der Waals surface area contributed by atoms with Gasteiger partial charge >= 0.3 is 12.2 Å². The Morgan fingerprint density at radius 3 is 2.66 bits per heavy atom. The van der Waals surface area contributed by atoms with E-state index < -0.39 is 34.0 Å². The first-order valence-electron chi connectivity index (χ1n) is 8.96. The molecule has 7 nitrogen and oxygen atoms in total. The highest BCUT2D eigenvalue weighted by Gasteiger charge is 2.34. The molecule has 0 N–H and O–H groups in total. The van der Waals surface area contributed by atoms with Gasteiger partial charge in [-0.15, -0.1) is 0 Å². The zero-order chi connectivity index (χ0) is 20.9. The van der Waals surface area contributed by atoms with Crippen LogP contribution in [0.2, 0.25) is 0 Å². The molecular formula is C18H20F3N3O4S. The van der Waals surface area contributed by atoms with Crippen LogP contribution in [-0.2, 0) is 16.2 Å². The Kier molecular flexibility index (Phi) is 6.58. The second kappa shape index (κ2) is 8.95. The van der Waals surface area contributed by atoms with Crippen molar-refractivity contribution in [3.63, 3.8) is 0 Å². The minimum absolute atomic E-state index is 0.00882. The monoisotopic (exact) mass is 431 g/mol. The fourth-order valence-electron chi connectivity index (χ4n) is 2.87. The Labute approximate surface area is 166 Å². The molecule has 1 unspecified atom stereocenters. The lowest BCUT2D eigenvalue weighted by molar-refractivity contribution is -0.141. The summed E-state index contributed by atoms with van der Waals surface area (Å²) in [6.07, 6.45) is -3.27. The van der Waals surface area contributed by atoms with Gasteiger partial charge in [-0.2, -0.15) is 22.5 Å². The van der Waals surface area contributed by atoms with Crippen LogP contribution in [0, 0.1) is 0 Å². The summed E-state index contributed by atoms with van der Waals surface area (Å²) in [5, 5.41) is 0. The fraction of sp³-hybridized carbons (Fsp3) is 0.444. The van der Waals surface area contributed by atoms with Crippen LogP contribution in [0.4, 0.5) is 13.2 Å². The Morgan fingerprint density at radius 2 is 1.93 bits per heavy atom. The van der Waals surface area contributed by atoms with E-state index in [1.165, 1.54) is 4.31 Å². The molecule has 158 valence electrons. The Morgan fingerprint density at radius 1 is 1.17 bits per heavy atom. The molecule has 0 amide bonds. The Bertz CT molecular complexity index is 910. The second-order valence-electron chi connectivity index (χ2n) is 6.44. The lowest BCUT2D eigenvalue weighted by atomic mass is 10.1. The first kappa shape index (κ1) is 21.3. The molecule has 0 saturated carbocycles. The average molecular weight is 431 g/mol. The normalized spacial score (nSPS) is 18.4. The van der Waals surface area contributed by atoms with Gasteiger partial charge in [0, 0.05) is 12.7 Å². The molecule has 1 aromatic carbocycles. The van der Waals surface area contributed by atoms with Crippen molar-refractivity contribution in [1.82, 2.24) is 14.3 Å². The van der Waals surface area contributed by atoms with Crippen molar-refractivity contribution >= 4 is 10.0 Å². The van der Waals surface area contributed by atoms with Crippen LogP contribution in [0.3, 0.4) is 0 Å². The number of aromatic nitrogens is 2. The number of rotatable bonds is 7. The minimum atomic E-state index is -4.61. The van der Waals surface area contributed by atoms with Crippen LogP contribution in [0.15, 0.2) is 42.6 Å². The van der Waals surface area contributed by atoms with E-state index in [-0.39, 0.29) is 18.9 Å². The zero-order valence-corrected chi connectivity index (χ0v) is 16.2. The summed E-state index contributed by atoms with van der Waals surface area (Å²) in [4.78, 5) is 7.06. The summed E-state index contributed by atoms with van der Waals surface area (Å²) in [7, 11) is -3.60. The van der Waals surface area contributed by atoms with Gasteiger partial charge in [0.15, 0.2) is 5.69 Å². The first-order valence-corrected chi connectivity index (χ1v) is 10.6. The van der Waals surface area contributed by atoms with Crippen molar-refractivity contribution in [1.29, 1.82) is 0 Å². The standard InChI is InChI=1S/C18H20F3N3O4S/c19-18(20,21)16-8-9-22-17(23-16)28-15-7-4-10-24(13-15)29(25,26)12-11-27-14-5-2-1-3-6-14/h1-3,5-6,8-9,15H,4,7,10-13H2. The number of nitrogens with zero attached hydrogens (tertiary/aromatic N) is 3. The number of benzene rings is 1. The number of piperidine rings is 1. The van der Waals surface area contributed by atoms with Crippen molar-refractivity contribution in [2.75, 3.05) is 25.4 Å². The molecule has 1 aliphatic heterocycles. The topological polar surface area (TPSA) is 81.6 Å². The van der Waals surface area contributed by atoms with Gasteiger partial charge in [-0.05, 0) is 31.0 Å². The van der Waals surface area contributed by atoms with E-state index in [2.05, 4.69) is 9.97 Å². The maximum absolute atomic E-state index is 12.8. The largest absolute Gasteiger partial charge is 0.492 e. The third-order valence-electron chi connectivity index (χ3n) is 4.28. The van der Waals surface area contributed by atoms with Gasteiger partial charge in [0.2, 0.25) is 10.0 Å². The third kappa shape index (κ3) is 6.04. The van der Waals surface area contributed by atoms with Crippen molar-refractivity contribution in [2.45, 2.75) is 25.1 Å². The molecule has 0 spiro atoms. The molecular weight excluding hydrogens is 411 g/mol. The van der Waals surface area contributed by atoms with E-state index in [4.69, 9.17) is 9.47 Å².